The zero-order valence-corrected chi connectivity index (χ0v) is 15.6. The molecule has 0 unspecified atom stereocenters. The molecule has 5 heterocycles. The standard InChI is InChI=1S/C21H23N3O4/c25-19-5-1-4-18-15-7-14(10-24(18)19)9-23(11-15)21(27)16-8-20(26)22(12-16)13-17-3-2-6-28-17/h1-6,14-16H,7-13H2/t14-,15+,16+/m0/s1. The smallest absolute Gasteiger partial charge is 0.250 e. The molecule has 146 valence electrons. The van der Waals surface area contributed by atoms with Crippen molar-refractivity contribution in [2.45, 2.75) is 31.8 Å². The average molecular weight is 381 g/mol. The van der Waals surface area contributed by atoms with Crippen LogP contribution >= 0.6 is 0 Å². The Bertz CT molecular complexity index is 964. The van der Waals surface area contributed by atoms with Crippen LogP contribution in [-0.2, 0) is 22.7 Å². The van der Waals surface area contributed by atoms with Crippen LogP contribution in [0, 0.1) is 11.8 Å². The van der Waals surface area contributed by atoms with Gasteiger partial charge >= 0.3 is 0 Å². The maximum Gasteiger partial charge on any atom is 0.250 e. The van der Waals surface area contributed by atoms with E-state index in [9.17, 15) is 14.4 Å². The Morgan fingerprint density at radius 2 is 1.96 bits per heavy atom. The third kappa shape index (κ3) is 2.95. The third-order valence-electron chi connectivity index (χ3n) is 6.28. The topological polar surface area (TPSA) is 75.8 Å². The van der Waals surface area contributed by atoms with Gasteiger partial charge in [0.2, 0.25) is 11.8 Å². The molecule has 28 heavy (non-hydrogen) atoms. The SMILES string of the molecule is O=C1C[C@@H](C(=O)N2C[C@@H]3C[C@H](C2)c2cccc(=O)n2C3)CN1Cc1ccco1. The van der Waals surface area contributed by atoms with Gasteiger partial charge in [0, 0.05) is 50.3 Å². The van der Waals surface area contributed by atoms with Crippen molar-refractivity contribution in [1.82, 2.24) is 14.4 Å². The number of rotatable bonds is 3. The predicted octanol–water partition coefficient (Wildman–Crippen LogP) is 1.44. The molecule has 3 aliphatic rings. The number of fused-ring (bicyclic) bond motifs is 4. The van der Waals surface area contributed by atoms with Gasteiger partial charge in [0.15, 0.2) is 0 Å². The van der Waals surface area contributed by atoms with E-state index < -0.39 is 0 Å². The third-order valence-corrected chi connectivity index (χ3v) is 6.28. The number of hydrogen-bond acceptors (Lipinski definition) is 4. The molecule has 2 aromatic rings. The molecule has 2 saturated heterocycles. The minimum Gasteiger partial charge on any atom is -0.467 e. The van der Waals surface area contributed by atoms with Crippen molar-refractivity contribution >= 4 is 11.8 Å². The molecule has 2 aromatic heterocycles. The molecule has 2 bridgehead atoms. The van der Waals surface area contributed by atoms with Crippen molar-refractivity contribution in [3.05, 3.63) is 58.4 Å². The molecule has 0 saturated carbocycles. The molecular weight excluding hydrogens is 358 g/mol. The monoisotopic (exact) mass is 381 g/mol. The van der Waals surface area contributed by atoms with E-state index in [1.165, 1.54) is 0 Å². The van der Waals surface area contributed by atoms with Crippen LogP contribution in [-0.4, -0.2) is 45.8 Å². The van der Waals surface area contributed by atoms with E-state index in [0.29, 0.717) is 38.6 Å². The van der Waals surface area contributed by atoms with Crippen LogP contribution in [0.25, 0.3) is 0 Å². The van der Waals surface area contributed by atoms with Crippen molar-refractivity contribution in [3.63, 3.8) is 0 Å². The summed E-state index contributed by atoms with van der Waals surface area (Å²) in [5.74, 6) is 1.00. The molecule has 0 aliphatic carbocycles. The van der Waals surface area contributed by atoms with Gasteiger partial charge in [-0.25, -0.2) is 0 Å². The molecule has 2 fully saturated rings. The normalized spacial score (nSPS) is 26.4. The second kappa shape index (κ2) is 6.65. The fraction of sp³-hybridized carbons (Fsp3) is 0.476. The number of pyridine rings is 1. The lowest BCUT2D eigenvalue weighted by atomic mass is 9.82. The molecule has 0 radical (unpaired) electrons. The molecule has 3 aliphatic heterocycles. The zero-order valence-electron chi connectivity index (χ0n) is 15.6. The van der Waals surface area contributed by atoms with Gasteiger partial charge < -0.3 is 18.8 Å². The van der Waals surface area contributed by atoms with E-state index in [2.05, 4.69) is 0 Å². The lowest BCUT2D eigenvalue weighted by molar-refractivity contribution is -0.138. The van der Waals surface area contributed by atoms with Crippen molar-refractivity contribution < 1.29 is 14.0 Å². The summed E-state index contributed by atoms with van der Waals surface area (Å²) in [6.07, 6.45) is 2.87. The minimum atomic E-state index is -0.292. The Morgan fingerprint density at radius 3 is 2.79 bits per heavy atom. The first-order valence-corrected chi connectivity index (χ1v) is 9.87. The Kier molecular flexibility index (Phi) is 4.10. The number of carbonyl (C=O) groups excluding carboxylic acids is 2. The zero-order chi connectivity index (χ0) is 19.3. The molecule has 7 heteroatoms. The number of piperidine rings is 1. The Hall–Kier alpha value is -2.83. The molecule has 0 spiro atoms. The minimum absolute atomic E-state index is 0.00357. The summed E-state index contributed by atoms with van der Waals surface area (Å²) < 4.78 is 7.20. The predicted molar refractivity (Wildman–Crippen MR) is 100 cm³/mol. The van der Waals surface area contributed by atoms with Crippen molar-refractivity contribution in [2.75, 3.05) is 19.6 Å². The number of nitrogens with zero attached hydrogens (tertiary/aromatic N) is 3. The van der Waals surface area contributed by atoms with Gasteiger partial charge in [0.05, 0.1) is 18.7 Å². The molecule has 3 atom stereocenters. The van der Waals surface area contributed by atoms with Gasteiger partial charge in [0.25, 0.3) is 5.56 Å². The summed E-state index contributed by atoms with van der Waals surface area (Å²) in [7, 11) is 0. The fourth-order valence-electron chi connectivity index (χ4n) is 5.02. The summed E-state index contributed by atoms with van der Waals surface area (Å²) in [6, 6.07) is 9.05. The van der Waals surface area contributed by atoms with Crippen molar-refractivity contribution in [2.24, 2.45) is 11.8 Å². The van der Waals surface area contributed by atoms with Gasteiger partial charge in [-0.1, -0.05) is 6.07 Å². The van der Waals surface area contributed by atoms with Crippen molar-refractivity contribution in [1.29, 1.82) is 0 Å². The molecule has 5 rings (SSSR count). The first-order chi connectivity index (χ1) is 13.6. The molecule has 0 N–H and O–H groups in total. The van der Waals surface area contributed by atoms with E-state index in [0.717, 1.165) is 17.9 Å². The van der Waals surface area contributed by atoms with E-state index >= 15 is 0 Å². The lowest BCUT2D eigenvalue weighted by Gasteiger charge is -2.43. The van der Waals surface area contributed by atoms with Crippen LogP contribution in [0.5, 0.6) is 0 Å². The van der Waals surface area contributed by atoms with Crippen molar-refractivity contribution in [3.8, 4) is 0 Å². The summed E-state index contributed by atoms with van der Waals surface area (Å²) in [5, 5.41) is 0. The van der Waals surface area contributed by atoms with Crippen LogP contribution in [0.3, 0.4) is 0 Å². The maximum atomic E-state index is 13.2. The average Bonchev–Trinajstić information content (AvgIpc) is 3.32. The first kappa shape index (κ1) is 17.3. The quantitative estimate of drug-likeness (QED) is 0.806. The van der Waals surface area contributed by atoms with Crippen LogP contribution in [0.4, 0.5) is 0 Å². The van der Waals surface area contributed by atoms with Crippen LogP contribution in [0.2, 0.25) is 0 Å². The van der Waals surface area contributed by atoms with E-state index in [1.807, 2.05) is 21.6 Å². The Balaban J connectivity index is 1.29. The van der Waals surface area contributed by atoms with Gasteiger partial charge in [-0.3, -0.25) is 14.4 Å². The highest BCUT2D eigenvalue weighted by Crippen LogP contribution is 2.36. The van der Waals surface area contributed by atoms with E-state index in [1.54, 1.807) is 29.4 Å². The molecular formula is C21H23N3O4. The highest BCUT2D eigenvalue weighted by atomic mass is 16.3. The maximum absolute atomic E-state index is 13.2. The highest BCUT2D eigenvalue weighted by molar-refractivity contribution is 5.89. The fourth-order valence-corrected chi connectivity index (χ4v) is 5.02. The second-order valence-electron chi connectivity index (χ2n) is 8.20. The number of amides is 2. The summed E-state index contributed by atoms with van der Waals surface area (Å²) in [5.41, 5.74) is 1.07. The number of hydrogen-bond donors (Lipinski definition) is 0. The first-order valence-electron chi connectivity index (χ1n) is 9.87. The number of carbonyl (C=O) groups is 2. The summed E-state index contributed by atoms with van der Waals surface area (Å²) in [6.45, 7) is 2.82. The summed E-state index contributed by atoms with van der Waals surface area (Å²) >= 11 is 0. The number of aromatic nitrogens is 1. The Morgan fingerprint density at radius 1 is 1.07 bits per heavy atom. The van der Waals surface area contributed by atoms with E-state index in [4.69, 9.17) is 4.42 Å². The van der Waals surface area contributed by atoms with Gasteiger partial charge in [0.1, 0.15) is 5.76 Å². The van der Waals surface area contributed by atoms with Gasteiger partial charge in [-0.15, -0.1) is 0 Å². The number of furan rings is 1. The van der Waals surface area contributed by atoms with Crippen LogP contribution in [0.1, 0.15) is 30.2 Å². The van der Waals surface area contributed by atoms with Crippen LogP contribution in [0.15, 0.2) is 45.8 Å². The molecule has 7 nitrogen and oxygen atoms in total. The lowest BCUT2D eigenvalue weighted by Crippen LogP contribution is -2.50. The highest BCUT2D eigenvalue weighted by Gasteiger charge is 2.41. The van der Waals surface area contributed by atoms with Crippen LogP contribution < -0.4 is 5.56 Å². The van der Waals surface area contributed by atoms with Gasteiger partial charge in [-0.2, -0.15) is 0 Å². The largest absolute Gasteiger partial charge is 0.467 e. The molecule has 0 aromatic carbocycles. The number of likely N-dealkylation sites (tertiary alicyclic amines) is 2. The van der Waals surface area contributed by atoms with Gasteiger partial charge in [-0.05, 0) is 30.5 Å². The van der Waals surface area contributed by atoms with E-state index in [-0.39, 0.29) is 35.6 Å². The summed E-state index contributed by atoms with van der Waals surface area (Å²) in [4.78, 5) is 41.3. The Labute approximate surface area is 162 Å². The molecule has 2 amide bonds. The second-order valence-corrected chi connectivity index (χ2v) is 8.20.